The number of H-pyrrole nitrogens is 1. The Morgan fingerprint density at radius 2 is 1.75 bits per heavy atom. The van der Waals surface area contributed by atoms with Crippen LogP contribution in [0.1, 0.15) is 45.8 Å². The van der Waals surface area contributed by atoms with Crippen LogP contribution < -0.4 is 5.32 Å². The van der Waals surface area contributed by atoms with Crippen LogP contribution >= 0.6 is 0 Å². The zero-order valence-electron chi connectivity index (χ0n) is 16.3. The van der Waals surface area contributed by atoms with E-state index in [1.54, 1.807) is 32.0 Å². The normalized spacial score (nSPS) is 11.9. The van der Waals surface area contributed by atoms with Crippen LogP contribution in [0.5, 0.6) is 0 Å². The number of anilines is 1. The summed E-state index contributed by atoms with van der Waals surface area (Å²) in [6, 6.07) is 12.5. The predicted octanol–water partition coefficient (Wildman–Crippen LogP) is 4.17. The SMILES string of the molecule is CC(=O)Nc1c(C)cccc1C(=O)O[C@@H](C)C(=O)c1c(C)[nH]c2ccccc12. The molecule has 1 aromatic heterocycles. The minimum absolute atomic E-state index is 0.213. The molecule has 1 atom stereocenters. The zero-order chi connectivity index (χ0) is 20.4. The smallest absolute Gasteiger partial charge is 0.340 e. The van der Waals surface area contributed by atoms with Crippen LogP contribution in [0.3, 0.4) is 0 Å². The van der Waals surface area contributed by atoms with Gasteiger partial charge < -0.3 is 15.0 Å². The number of hydrogen-bond donors (Lipinski definition) is 2. The van der Waals surface area contributed by atoms with Gasteiger partial charge >= 0.3 is 5.97 Å². The molecule has 0 unspecified atom stereocenters. The topological polar surface area (TPSA) is 88.3 Å². The summed E-state index contributed by atoms with van der Waals surface area (Å²) in [6.45, 7) is 6.52. The zero-order valence-corrected chi connectivity index (χ0v) is 16.3. The van der Waals surface area contributed by atoms with E-state index < -0.39 is 12.1 Å². The number of esters is 1. The summed E-state index contributed by atoms with van der Waals surface area (Å²) in [5, 5.41) is 3.45. The van der Waals surface area contributed by atoms with Gasteiger partial charge in [-0.05, 0) is 38.5 Å². The van der Waals surface area contributed by atoms with Gasteiger partial charge in [0, 0.05) is 29.1 Å². The van der Waals surface area contributed by atoms with Gasteiger partial charge in [0.1, 0.15) is 0 Å². The molecular formula is C22H22N2O4. The standard InChI is InChI=1S/C22H22N2O4/c1-12-8-7-10-17(20(12)24-15(4)25)22(27)28-14(3)21(26)19-13(2)23-18-11-6-5-9-16(18)19/h5-11,14,23H,1-4H3,(H,24,25)/t14-/m0/s1. The van der Waals surface area contributed by atoms with Gasteiger partial charge in [0.15, 0.2) is 6.10 Å². The Kier molecular flexibility index (Phi) is 5.31. The minimum Gasteiger partial charge on any atom is -0.451 e. The molecule has 0 saturated carbocycles. The van der Waals surface area contributed by atoms with Gasteiger partial charge in [0.05, 0.1) is 11.3 Å². The van der Waals surface area contributed by atoms with Gasteiger partial charge in [-0.3, -0.25) is 9.59 Å². The molecule has 0 aliphatic rings. The number of carbonyl (C=O) groups excluding carboxylic acids is 3. The van der Waals surface area contributed by atoms with E-state index >= 15 is 0 Å². The van der Waals surface area contributed by atoms with Crippen molar-refractivity contribution in [2.45, 2.75) is 33.8 Å². The third-order valence-electron chi connectivity index (χ3n) is 4.59. The van der Waals surface area contributed by atoms with Crippen LogP contribution in [0.15, 0.2) is 42.5 Å². The molecular weight excluding hydrogens is 356 g/mol. The van der Waals surface area contributed by atoms with E-state index in [0.29, 0.717) is 11.3 Å². The molecule has 0 aliphatic heterocycles. The van der Waals surface area contributed by atoms with E-state index in [-0.39, 0.29) is 17.3 Å². The maximum absolute atomic E-state index is 13.0. The lowest BCUT2D eigenvalue weighted by atomic mass is 10.0. The Morgan fingerprint density at radius 1 is 1.04 bits per heavy atom. The average Bonchev–Trinajstić information content (AvgIpc) is 2.97. The largest absolute Gasteiger partial charge is 0.451 e. The number of aromatic nitrogens is 1. The molecule has 0 bridgehead atoms. The summed E-state index contributed by atoms with van der Waals surface area (Å²) in [7, 11) is 0. The number of para-hydroxylation sites is 2. The lowest BCUT2D eigenvalue weighted by Gasteiger charge is -2.16. The molecule has 3 aromatic rings. The van der Waals surface area contributed by atoms with Crippen molar-refractivity contribution in [2.75, 3.05) is 5.32 Å². The summed E-state index contributed by atoms with van der Waals surface area (Å²) in [5.41, 5.74) is 3.43. The highest BCUT2D eigenvalue weighted by molar-refractivity contribution is 6.12. The van der Waals surface area contributed by atoms with E-state index in [4.69, 9.17) is 4.74 Å². The molecule has 1 heterocycles. The second-order valence-corrected chi connectivity index (χ2v) is 6.76. The highest BCUT2D eigenvalue weighted by atomic mass is 16.5. The number of nitrogens with one attached hydrogen (secondary N) is 2. The van der Waals surface area contributed by atoms with Crippen molar-refractivity contribution in [2.24, 2.45) is 0 Å². The number of ether oxygens (including phenoxy) is 1. The molecule has 0 spiro atoms. The fourth-order valence-corrected chi connectivity index (χ4v) is 3.25. The van der Waals surface area contributed by atoms with Crippen molar-refractivity contribution in [1.29, 1.82) is 0 Å². The second-order valence-electron chi connectivity index (χ2n) is 6.76. The molecule has 1 amide bonds. The van der Waals surface area contributed by atoms with Gasteiger partial charge in [-0.2, -0.15) is 0 Å². The quantitative estimate of drug-likeness (QED) is 0.515. The molecule has 0 aliphatic carbocycles. The Hall–Kier alpha value is -3.41. The Morgan fingerprint density at radius 3 is 2.46 bits per heavy atom. The lowest BCUT2D eigenvalue weighted by molar-refractivity contribution is -0.114. The molecule has 0 saturated heterocycles. The van der Waals surface area contributed by atoms with Crippen molar-refractivity contribution < 1.29 is 19.1 Å². The maximum atomic E-state index is 13.0. The molecule has 2 N–H and O–H groups in total. The van der Waals surface area contributed by atoms with Gasteiger partial charge in [-0.25, -0.2) is 4.79 Å². The Labute approximate surface area is 162 Å². The van der Waals surface area contributed by atoms with Crippen LogP contribution in [-0.4, -0.2) is 28.7 Å². The number of carbonyl (C=O) groups is 3. The third kappa shape index (κ3) is 3.67. The molecule has 28 heavy (non-hydrogen) atoms. The highest BCUT2D eigenvalue weighted by Crippen LogP contribution is 2.25. The average molecular weight is 378 g/mol. The Bertz CT molecular complexity index is 1080. The molecule has 144 valence electrons. The van der Waals surface area contributed by atoms with E-state index in [2.05, 4.69) is 10.3 Å². The highest BCUT2D eigenvalue weighted by Gasteiger charge is 2.26. The van der Waals surface area contributed by atoms with Crippen LogP contribution in [0.2, 0.25) is 0 Å². The van der Waals surface area contributed by atoms with Gasteiger partial charge in [0.2, 0.25) is 11.7 Å². The fraction of sp³-hybridized carbons (Fsp3) is 0.227. The van der Waals surface area contributed by atoms with E-state index in [0.717, 1.165) is 22.2 Å². The van der Waals surface area contributed by atoms with Crippen molar-refractivity contribution in [1.82, 2.24) is 4.98 Å². The molecule has 3 rings (SSSR count). The summed E-state index contributed by atoms with van der Waals surface area (Å²) < 4.78 is 5.45. The van der Waals surface area contributed by atoms with Crippen molar-refractivity contribution >= 4 is 34.3 Å². The van der Waals surface area contributed by atoms with E-state index in [9.17, 15) is 14.4 Å². The first-order valence-electron chi connectivity index (χ1n) is 8.99. The van der Waals surface area contributed by atoms with Crippen molar-refractivity contribution in [3.8, 4) is 0 Å². The number of fused-ring (bicyclic) bond motifs is 1. The first-order valence-corrected chi connectivity index (χ1v) is 8.99. The number of aromatic amines is 1. The molecule has 6 heteroatoms. The number of hydrogen-bond acceptors (Lipinski definition) is 4. The lowest BCUT2D eigenvalue weighted by Crippen LogP contribution is -2.25. The first kappa shape index (κ1) is 19.4. The second kappa shape index (κ2) is 7.68. The number of rotatable bonds is 5. The van der Waals surface area contributed by atoms with Crippen LogP contribution in [0.4, 0.5) is 5.69 Å². The van der Waals surface area contributed by atoms with Crippen molar-refractivity contribution in [3.63, 3.8) is 0 Å². The molecule has 0 radical (unpaired) electrons. The number of benzene rings is 2. The number of Topliss-reactive ketones (excluding diaryl/α,β-unsaturated/α-hetero) is 1. The summed E-state index contributed by atoms with van der Waals surface area (Å²) in [4.78, 5) is 40.3. The molecule has 2 aromatic carbocycles. The monoisotopic (exact) mass is 378 g/mol. The van der Waals surface area contributed by atoms with Crippen LogP contribution in [0.25, 0.3) is 10.9 Å². The number of ketones is 1. The maximum Gasteiger partial charge on any atom is 0.340 e. The van der Waals surface area contributed by atoms with Crippen LogP contribution in [-0.2, 0) is 9.53 Å². The van der Waals surface area contributed by atoms with Gasteiger partial charge in [-0.1, -0.05) is 30.3 Å². The fourth-order valence-electron chi connectivity index (χ4n) is 3.25. The summed E-state index contributed by atoms with van der Waals surface area (Å²) >= 11 is 0. The van der Waals surface area contributed by atoms with Gasteiger partial charge in [-0.15, -0.1) is 0 Å². The Balaban J connectivity index is 1.87. The summed E-state index contributed by atoms with van der Waals surface area (Å²) in [6.07, 6.45) is -0.976. The number of aryl methyl sites for hydroxylation is 2. The minimum atomic E-state index is -0.976. The number of amides is 1. The predicted molar refractivity (Wildman–Crippen MR) is 108 cm³/mol. The van der Waals surface area contributed by atoms with E-state index in [1.807, 2.05) is 31.2 Å². The van der Waals surface area contributed by atoms with Crippen molar-refractivity contribution in [3.05, 3.63) is 64.8 Å². The first-order chi connectivity index (χ1) is 13.3. The third-order valence-corrected chi connectivity index (χ3v) is 4.59. The van der Waals surface area contributed by atoms with Gasteiger partial charge in [0.25, 0.3) is 0 Å². The summed E-state index contributed by atoms with van der Waals surface area (Å²) in [5.74, 6) is -1.23. The molecule has 0 fully saturated rings. The molecule has 6 nitrogen and oxygen atoms in total. The van der Waals surface area contributed by atoms with E-state index in [1.165, 1.54) is 6.92 Å². The van der Waals surface area contributed by atoms with Crippen LogP contribution in [0, 0.1) is 13.8 Å².